The van der Waals surface area contributed by atoms with Crippen molar-refractivity contribution in [1.29, 1.82) is 5.26 Å². The van der Waals surface area contributed by atoms with Gasteiger partial charge in [0.05, 0.1) is 18.1 Å². The smallest absolute Gasteiger partial charge is 0.0733 e. The summed E-state index contributed by atoms with van der Waals surface area (Å²) in [5, 5.41) is 8.93. The van der Waals surface area contributed by atoms with Crippen molar-refractivity contribution in [2.75, 3.05) is 6.61 Å². The van der Waals surface area contributed by atoms with Crippen molar-refractivity contribution in [3.8, 4) is 6.07 Å². The second-order valence-corrected chi connectivity index (χ2v) is 4.53. The molecule has 2 unspecified atom stereocenters. The monoisotopic (exact) mass is 230 g/mol. The van der Waals surface area contributed by atoms with Gasteiger partial charge >= 0.3 is 0 Å². The molecule has 3 heteroatoms. The van der Waals surface area contributed by atoms with Crippen LogP contribution in [0.15, 0.2) is 24.5 Å². The van der Waals surface area contributed by atoms with E-state index in [2.05, 4.69) is 11.1 Å². The summed E-state index contributed by atoms with van der Waals surface area (Å²) in [4.78, 5) is 3.99. The van der Waals surface area contributed by atoms with E-state index < -0.39 is 0 Å². The SMILES string of the molecule is N#CC1CCCC1OCCCc1ccncc1. The van der Waals surface area contributed by atoms with Crippen LogP contribution in [0.2, 0.25) is 0 Å². The van der Waals surface area contributed by atoms with Crippen molar-refractivity contribution < 1.29 is 4.74 Å². The van der Waals surface area contributed by atoms with E-state index in [0.29, 0.717) is 0 Å². The number of aryl methyl sites for hydroxylation is 1. The van der Waals surface area contributed by atoms with Crippen molar-refractivity contribution in [2.45, 2.75) is 38.2 Å². The first-order valence-electron chi connectivity index (χ1n) is 6.30. The van der Waals surface area contributed by atoms with E-state index in [1.165, 1.54) is 5.56 Å². The molecule has 1 heterocycles. The number of aromatic nitrogens is 1. The maximum Gasteiger partial charge on any atom is 0.0733 e. The molecule has 2 atom stereocenters. The Labute approximate surface area is 102 Å². The van der Waals surface area contributed by atoms with Gasteiger partial charge in [-0.2, -0.15) is 5.26 Å². The minimum Gasteiger partial charge on any atom is -0.377 e. The van der Waals surface area contributed by atoms with Gasteiger partial charge in [-0.3, -0.25) is 4.98 Å². The second kappa shape index (κ2) is 6.36. The van der Waals surface area contributed by atoms with Crippen LogP contribution in [0.25, 0.3) is 0 Å². The van der Waals surface area contributed by atoms with Crippen LogP contribution in [0.3, 0.4) is 0 Å². The third kappa shape index (κ3) is 3.54. The van der Waals surface area contributed by atoms with Crippen molar-refractivity contribution in [3.05, 3.63) is 30.1 Å². The fourth-order valence-electron chi connectivity index (χ4n) is 2.33. The Morgan fingerprint density at radius 2 is 2.18 bits per heavy atom. The zero-order chi connectivity index (χ0) is 11.9. The van der Waals surface area contributed by atoms with Gasteiger partial charge in [0, 0.05) is 19.0 Å². The predicted molar refractivity (Wildman–Crippen MR) is 65.3 cm³/mol. The Morgan fingerprint density at radius 1 is 1.35 bits per heavy atom. The fourth-order valence-corrected chi connectivity index (χ4v) is 2.33. The Morgan fingerprint density at radius 3 is 2.94 bits per heavy atom. The Balaban J connectivity index is 1.65. The maximum atomic E-state index is 8.93. The van der Waals surface area contributed by atoms with Crippen LogP contribution in [-0.2, 0) is 11.2 Å². The van der Waals surface area contributed by atoms with Gasteiger partial charge in [0.25, 0.3) is 0 Å². The number of rotatable bonds is 5. The van der Waals surface area contributed by atoms with Gasteiger partial charge in [0.1, 0.15) is 0 Å². The van der Waals surface area contributed by atoms with Gasteiger partial charge in [-0.1, -0.05) is 0 Å². The summed E-state index contributed by atoms with van der Waals surface area (Å²) in [6.45, 7) is 0.755. The van der Waals surface area contributed by atoms with Gasteiger partial charge in [0.15, 0.2) is 0 Å². The normalized spacial score (nSPS) is 23.5. The van der Waals surface area contributed by atoms with Crippen LogP contribution in [0.1, 0.15) is 31.2 Å². The largest absolute Gasteiger partial charge is 0.377 e. The highest BCUT2D eigenvalue weighted by molar-refractivity contribution is 5.09. The molecule has 1 aliphatic carbocycles. The Bertz CT molecular complexity index is 372. The third-order valence-electron chi connectivity index (χ3n) is 3.31. The molecular formula is C14H18N2O. The molecule has 1 fully saturated rings. The minimum atomic E-state index is 0.121. The summed E-state index contributed by atoms with van der Waals surface area (Å²) in [5.41, 5.74) is 1.30. The van der Waals surface area contributed by atoms with Crippen LogP contribution in [0, 0.1) is 17.2 Å². The highest BCUT2D eigenvalue weighted by Crippen LogP contribution is 2.27. The van der Waals surface area contributed by atoms with E-state index in [1.807, 2.05) is 24.5 Å². The Hall–Kier alpha value is -1.40. The van der Waals surface area contributed by atoms with E-state index in [0.717, 1.165) is 38.7 Å². The first-order valence-corrected chi connectivity index (χ1v) is 6.30. The number of nitriles is 1. The summed E-state index contributed by atoms with van der Waals surface area (Å²) in [7, 11) is 0. The van der Waals surface area contributed by atoms with Crippen LogP contribution in [0.4, 0.5) is 0 Å². The van der Waals surface area contributed by atoms with Gasteiger partial charge in [-0.15, -0.1) is 0 Å². The van der Waals surface area contributed by atoms with E-state index >= 15 is 0 Å². The summed E-state index contributed by atoms with van der Waals surface area (Å²) in [5.74, 6) is 0.121. The van der Waals surface area contributed by atoms with Crippen LogP contribution < -0.4 is 0 Å². The average molecular weight is 230 g/mol. The minimum absolute atomic E-state index is 0.121. The highest BCUT2D eigenvalue weighted by Gasteiger charge is 2.27. The summed E-state index contributed by atoms with van der Waals surface area (Å²) >= 11 is 0. The number of hydrogen-bond acceptors (Lipinski definition) is 3. The van der Waals surface area contributed by atoms with Gasteiger partial charge < -0.3 is 4.74 Å². The van der Waals surface area contributed by atoms with Crippen molar-refractivity contribution in [1.82, 2.24) is 4.98 Å². The molecular weight excluding hydrogens is 212 g/mol. The van der Waals surface area contributed by atoms with Crippen molar-refractivity contribution in [3.63, 3.8) is 0 Å². The van der Waals surface area contributed by atoms with Crippen LogP contribution >= 0.6 is 0 Å². The number of pyridine rings is 1. The van der Waals surface area contributed by atoms with E-state index in [-0.39, 0.29) is 12.0 Å². The summed E-state index contributed by atoms with van der Waals surface area (Å²) < 4.78 is 5.79. The summed E-state index contributed by atoms with van der Waals surface area (Å²) in [6.07, 6.45) is 9.03. The average Bonchev–Trinajstić information content (AvgIpc) is 2.83. The Kier molecular flexibility index (Phi) is 4.52. The van der Waals surface area contributed by atoms with E-state index in [4.69, 9.17) is 10.00 Å². The quantitative estimate of drug-likeness (QED) is 0.731. The molecule has 3 nitrogen and oxygen atoms in total. The molecule has 1 aliphatic rings. The predicted octanol–water partition coefficient (Wildman–Crippen LogP) is 2.72. The highest BCUT2D eigenvalue weighted by atomic mass is 16.5. The molecule has 0 amide bonds. The van der Waals surface area contributed by atoms with Gasteiger partial charge in [-0.25, -0.2) is 0 Å². The molecule has 0 saturated heterocycles. The molecule has 1 aromatic rings. The first kappa shape index (κ1) is 12.1. The lowest BCUT2D eigenvalue weighted by Crippen LogP contribution is -2.17. The van der Waals surface area contributed by atoms with E-state index in [1.54, 1.807) is 0 Å². The summed E-state index contributed by atoms with van der Waals surface area (Å²) in [6, 6.07) is 6.41. The third-order valence-corrected chi connectivity index (χ3v) is 3.31. The molecule has 0 N–H and O–H groups in total. The lowest BCUT2D eigenvalue weighted by atomic mass is 10.1. The molecule has 1 saturated carbocycles. The molecule has 0 aromatic carbocycles. The zero-order valence-corrected chi connectivity index (χ0v) is 10.0. The molecule has 17 heavy (non-hydrogen) atoms. The van der Waals surface area contributed by atoms with Crippen molar-refractivity contribution >= 4 is 0 Å². The molecule has 0 radical (unpaired) electrons. The van der Waals surface area contributed by atoms with E-state index in [9.17, 15) is 0 Å². The lowest BCUT2D eigenvalue weighted by molar-refractivity contribution is 0.0400. The number of nitrogens with zero attached hydrogens (tertiary/aromatic N) is 2. The molecule has 90 valence electrons. The molecule has 1 aromatic heterocycles. The fraction of sp³-hybridized carbons (Fsp3) is 0.571. The number of hydrogen-bond donors (Lipinski definition) is 0. The molecule has 2 rings (SSSR count). The first-order chi connectivity index (χ1) is 8.40. The van der Waals surface area contributed by atoms with Gasteiger partial charge in [-0.05, 0) is 49.8 Å². The second-order valence-electron chi connectivity index (χ2n) is 4.53. The number of ether oxygens (including phenoxy) is 1. The molecule has 0 bridgehead atoms. The lowest BCUT2D eigenvalue weighted by Gasteiger charge is -2.14. The molecule has 0 aliphatic heterocycles. The zero-order valence-electron chi connectivity index (χ0n) is 10.0. The maximum absolute atomic E-state index is 8.93. The standard InChI is InChI=1S/C14H18N2O/c15-11-13-4-1-5-14(13)17-10-2-3-12-6-8-16-9-7-12/h6-9,13-14H,1-5,10H2. The van der Waals surface area contributed by atoms with Crippen LogP contribution in [-0.4, -0.2) is 17.7 Å². The molecule has 0 spiro atoms. The van der Waals surface area contributed by atoms with Gasteiger partial charge in [0.2, 0.25) is 0 Å². The van der Waals surface area contributed by atoms with Crippen LogP contribution in [0.5, 0.6) is 0 Å². The topological polar surface area (TPSA) is 45.9 Å². The van der Waals surface area contributed by atoms with Crippen molar-refractivity contribution in [2.24, 2.45) is 5.92 Å².